The van der Waals surface area contributed by atoms with Gasteiger partial charge in [0.15, 0.2) is 5.82 Å². The van der Waals surface area contributed by atoms with Crippen molar-refractivity contribution in [1.29, 1.82) is 0 Å². The molecule has 0 aliphatic carbocycles. The minimum Gasteiger partial charge on any atom is -0.382 e. The molecule has 1 aromatic rings. The fraction of sp³-hybridized carbons (Fsp3) is 0. The fourth-order valence-corrected chi connectivity index (χ4v) is 0.545. The van der Waals surface area contributed by atoms with Crippen LogP contribution in [0.5, 0.6) is 0 Å². The molecule has 1 rings (SSSR count). The van der Waals surface area contributed by atoms with E-state index >= 15 is 0 Å². The van der Waals surface area contributed by atoms with Crippen molar-refractivity contribution >= 4 is 12.0 Å². The molecule has 0 unspecified atom stereocenters. The molecule has 4 heteroatoms. The average Bonchev–Trinajstić information content (AvgIpc) is 2.31. The zero-order valence-electron chi connectivity index (χ0n) is 5.41. The number of hydrogen-bond donors (Lipinski definition) is 2. The van der Waals surface area contributed by atoms with Crippen molar-refractivity contribution in [2.24, 2.45) is 4.99 Å². The maximum Gasteiger partial charge on any atom is 0.150 e. The lowest BCUT2D eigenvalue weighted by atomic mass is 10.5. The van der Waals surface area contributed by atoms with Crippen LogP contribution in [0.4, 0.5) is 5.82 Å². The maximum atomic E-state index is 5.41. The van der Waals surface area contributed by atoms with Crippen LogP contribution >= 0.6 is 0 Å². The lowest BCUT2D eigenvalue weighted by Crippen LogP contribution is -1.90. The number of nitrogens with two attached hydrogens (primary N) is 1. The van der Waals surface area contributed by atoms with E-state index in [1.54, 1.807) is 6.21 Å². The van der Waals surface area contributed by atoms with Crippen LogP contribution in [0, 0.1) is 0 Å². The van der Waals surface area contributed by atoms with E-state index in [4.69, 9.17) is 5.73 Å². The highest BCUT2D eigenvalue weighted by Crippen LogP contribution is 1.99. The number of H-pyrrole nitrogens is 1. The van der Waals surface area contributed by atoms with Crippen molar-refractivity contribution in [1.82, 2.24) is 9.97 Å². The van der Waals surface area contributed by atoms with Gasteiger partial charge in [-0.05, 0) is 0 Å². The minimum absolute atomic E-state index is 0.450. The summed E-state index contributed by atoms with van der Waals surface area (Å²) >= 11 is 0. The van der Waals surface area contributed by atoms with Crippen LogP contribution in [0.1, 0.15) is 5.69 Å². The van der Waals surface area contributed by atoms with Gasteiger partial charge in [0.1, 0.15) is 5.69 Å². The molecule has 0 atom stereocenters. The van der Waals surface area contributed by atoms with Crippen molar-refractivity contribution in [2.45, 2.75) is 0 Å². The Morgan fingerprint density at radius 1 is 1.80 bits per heavy atom. The van der Waals surface area contributed by atoms with E-state index in [1.165, 1.54) is 12.5 Å². The third-order valence-corrected chi connectivity index (χ3v) is 1.01. The van der Waals surface area contributed by atoms with Crippen molar-refractivity contribution < 1.29 is 0 Å². The summed E-state index contributed by atoms with van der Waals surface area (Å²) in [6.45, 7) is 3.42. The van der Waals surface area contributed by atoms with Gasteiger partial charge in [-0.15, -0.1) is 0 Å². The predicted molar refractivity (Wildman–Crippen MR) is 40.8 cm³/mol. The molecule has 3 N–H and O–H groups in total. The van der Waals surface area contributed by atoms with Gasteiger partial charge in [-0.1, -0.05) is 6.58 Å². The number of rotatable bonds is 2. The lowest BCUT2D eigenvalue weighted by Gasteiger charge is -1.84. The first-order valence-corrected chi connectivity index (χ1v) is 2.77. The molecule has 0 saturated carbocycles. The maximum absolute atomic E-state index is 5.41. The number of aromatic nitrogens is 2. The van der Waals surface area contributed by atoms with Crippen molar-refractivity contribution in [3.8, 4) is 0 Å². The lowest BCUT2D eigenvalue weighted by molar-refractivity contribution is 1.31. The standard InChI is InChI=1S/C6H8N4/c1-2-8-3-5-6(7)10-4-9-5/h2-4H,1,7H2,(H,9,10)/b8-3-. The molecule has 0 fully saturated rings. The van der Waals surface area contributed by atoms with Gasteiger partial charge in [0.2, 0.25) is 0 Å². The van der Waals surface area contributed by atoms with E-state index < -0.39 is 0 Å². The average molecular weight is 136 g/mol. The molecule has 0 aromatic carbocycles. The van der Waals surface area contributed by atoms with Gasteiger partial charge in [-0.3, -0.25) is 4.99 Å². The van der Waals surface area contributed by atoms with Crippen molar-refractivity contribution in [2.75, 3.05) is 5.73 Å². The normalized spacial score (nSPS) is 10.4. The topological polar surface area (TPSA) is 67.1 Å². The zero-order valence-corrected chi connectivity index (χ0v) is 5.41. The molecular formula is C6H8N4. The van der Waals surface area contributed by atoms with Gasteiger partial charge >= 0.3 is 0 Å². The van der Waals surface area contributed by atoms with Crippen LogP contribution in [-0.4, -0.2) is 16.2 Å². The summed E-state index contributed by atoms with van der Waals surface area (Å²) in [4.78, 5) is 10.3. The minimum atomic E-state index is 0.450. The Kier molecular flexibility index (Phi) is 1.84. The number of hydrogen-bond acceptors (Lipinski definition) is 3. The quantitative estimate of drug-likeness (QED) is 0.583. The van der Waals surface area contributed by atoms with Crippen LogP contribution in [0.15, 0.2) is 24.1 Å². The summed E-state index contributed by atoms with van der Waals surface area (Å²) in [7, 11) is 0. The molecule has 0 radical (unpaired) electrons. The van der Waals surface area contributed by atoms with Gasteiger partial charge in [0.05, 0.1) is 12.5 Å². The van der Waals surface area contributed by atoms with Crippen LogP contribution in [-0.2, 0) is 0 Å². The number of aliphatic imine (C=N–C) groups is 1. The van der Waals surface area contributed by atoms with E-state index in [1.807, 2.05) is 0 Å². The summed E-state index contributed by atoms with van der Waals surface area (Å²) in [5.41, 5.74) is 6.12. The van der Waals surface area contributed by atoms with E-state index in [9.17, 15) is 0 Å². The molecular weight excluding hydrogens is 128 g/mol. The molecule has 1 aromatic heterocycles. The predicted octanol–water partition coefficient (Wildman–Crippen LogP) is 0.554. The number of nitrogen functional groups attached to an aromatic ring is 1. The molecule has 0 aliphatic rings. The van der Waals surface area contributed by atoms with E-state index in [-0.39, 0.29) is 0 Å². The SMILES string of the molecule is C=C/N=C\c1[nH]cnc1N. The summed E-state index contributed by atoms with van der Waals surface area (Å²) in [5, 5.41) is 0. The first-order valence-electron chi connectivity index (χ1n) is 2.77. The van der Waals surface area contributed by atoms with Crippen LogP contribution < -0.4 is 5.73 Å². The largest absolute Gasteiger partial charge is 0.382 e. The molecule has 0 aliphatic heterocycles. The van der Waals surface area contributed by atoms with E-state index in [2.05, 4.69) is 21.5 Å². The van der Waals surface area contributed by atoms with Crippen molar-refractivity contribution in [3.63, 3.8) is 0 Å². The van der Waals surface area contributed by atoms with Crippen LogP contribution in [0.2, 0.25) is 0 Å². The molecule has 0 bridgehead atoms. The van der Waals surface area contributed by atoms with Gasteiger partial charge in [0, 0.05) is 6.20 Å². The van der Waals surface area contributed by atoms with Gasteiger partial charge < -0.3 is 10.7 Å². The highest BCUT2D eigenvalue weighted by molar-refractivity contribution is 5.83. The third kappa shape index (κ3) is 1.22. The first-order chi connectivity index (χ1) is 4.84. The Bertz CT molecular complexity index is 248. The summed E-state index contributed by atoms with van der Waals surface area (Å²) in [6.07, 6.45) is 4.51. The van der Waals surface area contributed by atoms with Crippen LogP contribution in [0.3, 0.4) is 0 Å². The summed E-state index contributed by atoms with van der Waals surface area (Å²) in [6, 6.07) is 0. The Balaban J connectivity index is 2.83. The number of anilines is 1. The van der Waals surface area contributed by atoms with E-state index in [0.29, 0.717) is 11.5 Å². The van der Waals surface area contributed by atoms with Gasteiger partial charge in [-0.2, -0.15) is 0 Å². The Morgan fingerprint density at radius 2 is 2.60 bits per heavy atom. The summed E-state index contributed by atoms with van der Waals surface area (Å²) < 4.78 is 0. The highest BCUT2D eigenvalue weighted by Gasteiger charge is 1.93. The van der Waals surface area contributed by atoms with Crippen molar-refractivity contribution in [3.05, 3.63) is 24.8 Å². The second kappa shape index (κ2) is 2.82. The Hall–Kier alpha value is -1.58. The fourth-order valence-electron chi connectivity index (χ4n) is 0.545. The molecule has 0 saturated heterocycles. The van der Waals surface area contributed by atoms with E-state index in [0.717, 1.165) is 0 Å². The smallest absolute Gasteiger partial charge is 0.150 e. The zero-order chi connectivity index (χ0) is 7.40. The number of imidazole rings is 1. The number of nitrogens with one attached hydrogen (secondary N) is 1. The molecule has 10 heavy (non-hydrogen) atoms. The third-order valence-electron chi connectivity index (χ3n) is 1.01. The Labute approximate surface area is 58.5 Å². The molecule has 0 spiro atoms. The van der Waals surface area contributed by atoms with Gasteiger partial charge in [0.25, 0.3) is 0 Å². The number of aromatic amines is 1. The van der Waals surface area contributed by atoms with Crippen LogP contribution in [0.25, 0.3) is 0 Å². The molecule has 4 nitrogen and oxygen atoms in total. The number of nitrogens with zero attached hydrogens (tertiary/aromatic N) is 2. The first kappa shape index (κ1) is 6.54. The molecule has 0 amide bonds. The molecule has 1 heterocycles. The van der Waals surface area contributed by atoms with Gasteiger partial charge in [-0.25, -0.2) is 4.98 Å². The monoisotopic (exact) mass is 136 g/mol. The summed E-state index contributed by atoms with van der Waals surface area (Å²) in [5.74, 6) is 0.450. The second-order valence-electron chi connectivity index (χ2n) is 1.66. The Morgan fingerprint density at radius 3 is 3.10 bits per heavy atom. The molecule has 52 valence electrons. The highest BCUT2D eigenvalue weighted by atomic mass is 15.0. The second-order valence-corrected chi connectivity index (χ2v) is 1.66.